The van der Waals surface area contributed by atoms with Gasteiger partial charge in [0.05, 0.1) is 19.4 Å². The summed E-state index contributed by atoms with van der Waals surface area (Å²) in [7, 11) is -2.86. The van der Waals surface area contributed by atoms with Crippen molar-refractivity contribution in [3.8, 4) is 0 Å². The molecule has 0 aromatic carbocycles. The molecule has 6 heteroatoms. The molecular formula is C17H35N2O3P. The molecule has 2 atom stereocenters. The predicted molar refractivity (Wildman–Crippen MR) is 95.1 cm³/mol. The van der Waals surface area contributed by atoms with Gasteiger partial charge >= 0.3 is 7.60 Å². The fourth-order valence-electron chi connectivity index (χ4n) is 3.39. The third kappa shape index (κ3) is 6.83. The molecule has 1 saturated carbocycles. The van der Waals surface area contributed by atoms with Crippen LogP contribution in [0, 0.1) is 11.8 Å². The van der Waals surface area contributed by atoms with Crippen molar-refractivity contribution in [2.24, 2.45) is 11.8 Å². The summed E-state index contributed by atoms with van der Waals surface area (Å²) in [5.41, 5.74) is 0. The lowest BCUT2D eigenvalue weighted by molar-refractivity contribution is 0.179. The molecule has 0 spiro atoms. The van der Waals surface area contributed by atoms with Gasteiger partial charge in [-0.3, -0.25) is 4.57 Å². The van der Waals surface area contributed by atoms with Crippen molar-refractivity contribution in [2.75, 3.05) is 45.6 Å². The van der Waals surface area contributed by atoms with Gasteiger partial charge in [0.25, 0.3) is 0 Å². The topological polar surface area (TPSA) is 50.8 Å². The Hall–Kier alpha value is 0.0700. The SMILES string of the molecule is CCOP(=O)(CCCN1CCC(CN[C@@H]2C[C@H]2C)CC1)OCC. The Bertz CT molecular complexity index is 376. The van der Waals surface area contributed by atoms with E-state index in [2.05, 4.69) is 17.1 Å². The summed E-state index contributed by atoms with van der Waals surface area (Å²) in [6.45, 7) is 11.5. The first-order chi connectivity index (χ1) is 11.1. The standard InChI is InChI=1S/C17H35N2O3P/c1-4-21-23(20,22-5-2)12-6-9-19-10-7-16(8-11-19)14-18-17-13-15(17)3/h15-18H,4-14H2,1-3H3/t15-,17-/m1/s1. The smallest absolute Gasteiger partial charge is 0.313 e. The van der Waals surface area contributed by atoms with Gasteiger partial charge in [-0.2, -0.15) is 0 Å². The minimum Gasteiger partial charge on any atom is -0.313 e. The quantitative estimate of drug-likeness (QED) is 0.582. The minimum absolute atomic E-state index is 0.454. The zero-order valence-electron chi connectivity index (χ0n) is 15.1. The van der Waals surface area contributed by atoms with Crippen LogP contribution in [0.4, 0.5) is 0 Å². The molecule has 0 aromatic rings. The van der Waals surface area contributed by atoms with E-state index in [0.717, 1.165) is 30.8 Å². The summed E-state index contributed by atoms with van der Waals surface area (Å²) in [6.07, 6.45) is 5.35. The van der Waals surface area contributed by atoms with Crippen LogP contribution < -0.4 is 5.32 Å². The van der Waals surface area contributed by atoms with E-state index in [1.807, 2.05) is 13.8 Å². The Morgan fingerprint density at radius 3 is 2.30 bits per heavy atom. The van der Waals surface area contributed by atoms with Gasteiger partial charge in [0.15, 0.2) is 0 Å². The molecule has 0 amide bonds. The van der Waals surface area contributed by atoms with E-state index in [1.54, 1.807) is 0 Å². The first-order valence-electron chi connectivity index (χ1n) is 9.40. The number of hydrogen-bond donors (Lipinski definition) is 1. The minimum atomic E-state index is -2.86. The van der Waals surface area contributed by atoms with Gasteiger partial charge in [-0.15, -0.1) is 0 Å². The zero-order valence-corrected chi connectivity index (χ0v) is 16.0. The van der Waals surface area contributed by atoms with Crippen LogP contribution in [-0.2, 0) is 13.6 Å². The number of piperidine rings is 1. The van der Waals surface area contributed by atoms with Crippen LogP contribution in [0.25, 0.3) is 0 Å². The van der Waals surface area contributed by atoms with Gasteiger partial charge in [0, 0.05) is 6.04 Å². The van der Waals surface area contributed by atoms with E-state index in [9.17, 15) is 4.57 Å². The number of rotatable bonds is 11. The maximum Gasteiger partial charge on any atom is 0.330 e. The Morgan fingerprint density at radius 1 is 1.17 bits per heavy atom. The second-order valence-electron chi connectivity index (χ2n) is 7.04. The van der Waals surface area contributed by atoms with Crippen LogP contribution in [0.5, 0.6) is 0 Å². The summed E-state index contributed by atoms with van der Waals surface area (Å²) in [4.78, 5) is 2.50. The molecule has 0 bridgehead atoms. The van der Waals surface area contributed by atoms with Crippen molar-refractivity contribution >= 4 is 7.60 Å². The number of likely N-dealkylation sites (tertiary alicyclic amines) is 1. The summed E-state index contributed by atoms with van der Waals surface area (Å²) in [5, 5.41) is 3.69. The maximum atomic E-state index is 12.4. The lowest BCUT2D eigenvalue weighted by Gasteiger charge is -2.32. The van der Waals surface area contributed by atoms with E-state index in [0.29, 0.717) is 19.4 Å². The molecule has 23 heavy (non-hydrogen) atoms. The van der Waals surface area contributed by atoms with E-state index in [-0.39, 0.29) is 0 Å². The lowest BCUT2D eigenvalue weighted by atomic mass is 9.96. The highest BCUT2D eigenvalue weighted by atomic mass is 31.2. The van der Waals surface area contributed by atoms with Crippen molar-refractivity contribution in [1.82, 2.24) is 10.2 Å². The maximum absolute atomic E-state index is 12.4. The van der Waals surface area contributed by atoms with Crippen LogP contribution in [-0.4, -0.2) is 56.5 Å². The molecule has 1 saturated heterocycles. The first kappa shape index (κ1) is 19.4. The second-order valence-corrected chi connectivity index (χ2v) is 9.22. The fraction of sp³-hybridized carbons (Fsp3) is 1.00. The van der Waals surface area contributed by atoms with E-state index in [1.165, 1.54) is 38.9 Å². The van der Waals surface area contributed by atoms with Gasteiger partial charge < -0.3 is 19.3 Å². The van der Waals surface area contributed by atoms with Crippen molar-refractivity contribution in [2.45, 2.75) is 52.5 Å². The molecular weight excluding hydrogens is 311 g/mol. The van der Waals surface area contributed by atoms with Gasteiger partial charge in [0.2, 0.25) is 0 Å². The molecule has 5 nitrogen and oxygen atoms in total. The molecule has 0 aromatic heterocycles. The van der Waals surface area contributed by atoms with Crippen molar-refractivity contribution in [1.29, 1.82) is 0 Å². The lowest BCUT2D eigenvalue weighted by Crippen LogP contribution is -2.38. The average Bonchev–Trinajstić information content (AvgIpc) is 3.22. The third-order valence-corrected chi connectivity index (χ3v) is 7.21. The van der Waals surface area contributed by atoms with Crippen LogP contribution in [0.15, 0.2) is 0 Å². The molecule has 1 aliphatic heterocycles. The monoisotopic (exact) mass is 346 g/mol. The van der Waals surface area contributed by atoms with Gasteiger partial charge in [-0.25, -0.2) is 0 Å². The summed E-state index contributed by atoms with van der Waals surface area (Å²) in [6, 6.07) is 0.791. The third-order valence-electron chi connectivity index (χ3n) is 5.04. The summed E-state index contributed by atoms with van der Waals surface area (Å²) >= 11 is 0. The Balaban J connectivity index is 1.57. The van der Waals surface area contributed by atoms with Gasteiger partial charge in [-0.05, 0) is 77.5 Å². The first-order valence-corrected chi connectivity index (χ1v) is 11.1. The van der Waals surface area contributed by atoms with Crippen LogP contribution in [0.1, 0.15) is 46.5 Å². The molecule has 0 radical (unpaired) electrons. The Labute approximate surface area is 142 Å². The van der Waals surface area contributed by atoms with E-state index >= 15 is 0 Å². The Kier molecular flexibility index (Phi) is 8.03. The molecule has 0 unspecified atom stereocenters. The molecule has 1 heterocycles. The second kappa shape index (κ2) is 9.53. The van der Waals surface area contributed by atoms with Crippen molar-refractivity contribution in [3.05, 3.63) is 0 Å². The molecule has 2 fully saturated rings. The van der Waals surface area contributed by atoms with Gasteiger partial charge in [-0.1, -0.05) is 6.92 Å². The number of hydrogen-bond acceptors (Lipinski definition) is 5. The highest BCUT2D eigenvalue weighted by molar-refractivity contribution is 7.53. The molecule has 1 N–H and O–H groups in total. The number of nitrogens with zero attached hydrogens (tertiary/aromatic N) is 1. The zero-order chi connectivity index (χ0) is 16.7. The largest absolute Gasteiger partial charge is 0.330 e. The van der Waals surface area contributed by atoms with Crippen LogP contribution in [0.2, 0.25) is 0 Å². The van der Waals surface area contributed by atoms with Crippen LogP contribution in [0.3, 0.4) is 0 Å². The van der Waals surface area contributed by atoms with Crippen LogP contribution >= 0.6 is 7.60 Å². The fourth-order valence-corrected chi connectivity index (χ4v) is 5.03. The highest BCUT2D eigenvalue weighted by Crippen LogP contribution is 2.48. The average molecular weight is 346 g/mol. The molecule has 2 rings (SSSR count). The number of nitrogens with one attached hydrogen (secondary N) is 1. The highest BCUT2D eigenvalue weighted by Gasteiger charge is 2.32. The van der Waals surface area contributed by atoms with Gasteiger partial charge in [0.1, 0.15) is 0 Å². The van der Waals surface area contributed by atoms with Crippen molar-refractivity contribution < 1.29 is 13.6 Å². The molecule has 2 aliphatic rings. The summed E-state index contributed by atoms with van der Waals surface area (Å²) < 4.78 is 23.1. The predicted octanol–water partition coefficient (Wildman–Crippen LogP) is 3.35. The van der Waals surface area contributed by atoms with E-state index < -0.39 is 7.60 Å². The summed E-state index contributed by atoms with van der Waals surface area (Å²) in [5.74, 6) is 1.72. The normalized spacial score (nSPS) is 26.6. The Morgan fingerprint density at radius 2 is 1.78 bits per heavy atom. The molecule has 136 valence electrons. The molecule has 1 aliphatic carbocycles. The van der Waals surface area contributed by atoms with E-state index in [4.69, 9.17) is 9.05 Å². The van der Waals surface area contributed by atoms with Crippen molar-refractivity contribution in [3.63, 3.8) is 0 Å².